The van der Waals surface area contributed by atoms with E-state index >= 15 is 0 Å². The predicted octanol–water partition coefficient (Wildman–Crippen LogP) is 1.81. The minimum Gasteiger partial charge on any atom is -0.372 e. The summed E-state index contributed by atoms with van der Waals surface area (Å²) in [5.74, 6) is -0.580. The summed E-state index contributed by atoms with van der Waals surface area (Å²) in [7, 11) is -2.41. The van der Waals surface area contributed by atoms with E-state index in [1.807, 2.05) is 0 Å². The van der Waals surface area contributed by atoms with Gasteiger partial charge in [-0.05, 0) is 31.7 Å². The van der Waals surface area contributed by atoms with Crippen LogP contribution in [0.5, 0.6) is 0 Å². The molecular formula is C13H17F3N2O4S. The third-order valence-electron chi connectivity index (χ3n) is 2.77. The normalized spacial score (nSPS) is 12.2. The van der Waals surface area contributed by atoms with Gasteiger partial charge in [0.25, 0.3) is 0 Å². The molecule has 130 valence electrons. The number of alkyl halides is 3. The molecule has 0 aliphatic carbocycles. The molecule has 0 aliphatic heterocycles. The second-order valence-corrected chi connectivity index (χ2v) is 6.51. The SMILES string of the molecule is CNS(=O)(=O)c1cc(NC(=O)CCOCC(F)(F)F)ccc1C. The first-order valence-corrected chi connectivity index (χ1v) is 8.02. The maximum atomic E-state index is 11.9. The summed E-state index contributed by atoms with van der Waals surface area (Å²) in [5, 5.41) is 2.41. The van der Waals surface area contributed by atoms with E-state index in [1.165, 1.54) is 25.2 Å². The number of benzene rings is 1. The first-order valence-electron chi connectivity index (χ1n) is 6.54. The van der Waals surface area contributed by atoms with E-state index in [0.29, 0.717) is 5.56 Å². The van der Waals surface area contributed by atoms with Crippen LogP contribution in [-0.2, 0) is 19.6 Å². The van der Waals surface area contributed by atoms with Gasteiger partial charge < -0.3 is 10.1 Å². The molecule has 0 spiro atoms. The molecule has 0 aliphatic rings. The van der Waals surface area contributed by atoms with Crippen molar-refractivity contribution in [1.29, 1.82) is 0 Å². The number of carbonyl (C=O) groups is 1. The third kappa shape index (κ3) is 6.55. The molecule has 6 nitrogen and oxygen atoms in total. The molecule has 1 rings (SSSR count). The van der Waals surface area contributed by atoms with E-state index in [4.69, 9.17) is 0 Å². The zero-order chi connectivity index (χ0) is 17.7. The van der Waals surface area contributed by atoms with Crippen LogP contribution in [0, 0.1) is 6.92 Å². The standard InChI is InChI=1S/C13H17F3N2O4S/c1-9-3-4-10(7-11(9)23(20,21)17-2)18-12(19)5-6-22-8-13(14,15)16/h3-4,7,17H,5-6,8H2,1-2H3,(H,18,19). The van der Waals surface area contributed by atoms with Crippen LogP contribution in [0.2, 0.25) is 0 Å². The molecule has 0 unspecified atom stereocenters. The Morgan fingerprint density at radius 1 is 1.30 bits per heavy atom. The summed E-state index contributed by atoms with van der Waals surface area (Å²) < 4.78 is 65.7. The maximum absolute atomic E-state index is 11.9. The number of hydrogen-bond donors (Lipinski definition) is 2. The van der Waals surface area contributed by atoms with E-state index in [9.17, 15) is 26.4 Å². The average molecular weight is 354 g/mol. The van der Waals surface area contributed by atoms with E-state index in [2.05, 4.69) is 14.8 Å². The lowest BCUT2D eigenvalue weighted by Crippen LogP contribution is -2.21. The molecule has 23 heavy (non-hydrogen) atoms. The van der Waals surface area contributed by atoms with Crippen molar-refractivity contribution in [2.75, 3.05) is 25.6 Å². The second-order valence-electron chi connectivity index (χ2n) is 4.65. The number of hydrogen-bond acceptors (Lipinski definition) is 4. The van der Waals surface area contributed by atoms with E-state index in [0.717, 1.165) is 0 Å². The highest BCUT2D eigenvalue weighted by Crippen LogP contribution is 2.20. The summed E-state index contributed by atoms with van der Waals surface area (Å²) in [6, 6.07) is 4.29. The first kappa shape index (κ1) is 19.4. The number of halogens is 3. The Labute approximate surface area is 132 Å². The van der Waals surface area contributed by atoms with E-state index in [1.54, 1.807) is 6.92 Å². The van der Waals surface area contributed by atoms with Crippen molar-refractivity contribution >= 4 is 21.6 Å². The number of anilines is 1. The third-order valence-corrected chi connectivity index (χ3v) is 4.33. The van der Waals surface area contributed by atoms with Crippen LogP contribution in [-0.4, -0.2) is 40.8 Å². The Bertz CT molecular complexity index is 660. The molecule has 0 fully saturated rings. The second kappa shape index (κ2) is 7.75. The molecule has 0 bridgehead atoms. The highest BCUT2D eigenvalue weighted by molar-refractivity contribution is 7.89. The molecule has 10 heteroatoms. The van der Waals surface area contributed by atoms with Gasteiger partial charge in [0.05, 0.1) is 17.9 Å². The highest BCUT2D eigenvalue weighted by Gasteiger charge is 2.27. The molecule has 0 saturated heterocycles. The average Bonchev–Trinajstić information content (AvgIpc) is 2.44. The Balaban J connectivity index is 2.64. The van der Waals surface area contributed by atoms with Crippen LogP contribution in [0.4, 0.5) is 18.9 Å². The molecule has 2 N–H and O–H groups in total. The summed E-state index contributed by atoms with van der Waals surface area (Å²) in [6.07, 6.45) is -4.72. The van der Waals surface area contributed by atoms with Gasteiger partial charge in [0.1, 0.15) is 6.61 Å². The van der Waals surface area contributed by atoms with Gasteiger partial charge in [0, 0.05) is 5.69 Å². The number of rotatable bonds is 7. The summed E-state index contributed by atoms with van der Waals surface area (Å²) in [5.41, 5.74) is 0.719. The topological polar surface area (TPSA) is 84.5 Å². The largest absolute Gasteiger partial charge is 0.411 e. The first-order chi connectivity index (χ1) is 10.5. The summed E-state index contributed by atoms with van der Waals surface area (Å²) >= 11 is 0. The van der Waals surface area contributed by atoms with Crippen molar-refractivity contribution in [2.24, 2.45) is 0 Å². The zero-order valence-electron chi connectivity index (χ0n) is 12.5. The highest BCUT2D eigenvalue weighted by atomic mass is 32.2. The molecule has 1 aromatic carbocycles. The predicted molar refractivity (Wildman–Crippen MR) is 77.5 cm³/mol. The van der Waals surface area contributed by atoms with Crippen molar-refractivity contribution in [2.45, 2.75) is 24.4 Å². The lowest BCUT2D eigenvalue weighted by Gasteiger charge is -2.11. The molecule has 0 saturated carbocycles. The quantitative estimate of drug-likeness (QED) is 0.732. The fourth-order valence-corrected chi connectivity index (χ4v) is 2.65. The number of amides is 1. The van der Waals surface area contributed by atoms with Gasteiger partial charge in [0.15, 0.2) is 0 Å². The molecule has 1 amide bonds. The Morgan fingerprint density at radius 2 is 1.96 bits per heavy atom. The Morgan fingerprint density at radius 3 is 2.52 bits per heavy atom. The van der Waals surface area contributed by atoms with Gasteiger partial charge >= 0.3 is 6.18 Å². The number of carbonyl (C=O) groups excluding carboxylic acids is 1. The molecule has 0 atom stereocenters. The fraction of sp³-hybridized carbons (Fsp3) is 0.462. The van der Waals surface area contributed by atoms with Crippen molar-refractivity contribution in [3.63, 3.8) is 0 Å². The van der Waals surface area contributed by atoms with E-state index in [-0.39, 0.29) is 17.0 Å². The number of ether oxygens (including phenoxy) is 1. The number of sulfonamides is 1. The monoisotopic (exact) mass is 354 g/mol. The van der Waals surface area contributed by atoms with Crippen LogP contribution in [0.15, 0.2) is 23.1 Å². The number of aryl methyl sites for hydroxylation is 1. The van der Waals surface area contributed by atoms with Crippen LogP contribution in [0.25, 0.3) is 0 Å². The lowest BCUT2D eigenvalue weighted by atomic mass is 10.2. The molecule has 0 aromatic heterocycles. The van der Waals surface area contributed by atoms with Gasteiger partial charge in [-0.3, -0.25) is 4.79 Å². The van der Waals surface area contributed by atoms with Crippen LogP contribution in [0.3, 0.4) is 0 Å². The van der Waals surface area contributed by atoms with Crippen molar-refractivity contribution in [1.82, 2.24) is 4.72 Å². The van der Waals surface area contributed by atoms with Crippen molar-refractivity contribution < 1.29 is 31.1 Å². The molecule has 0 radical (unpaired) electrons. The van der Waals surface area contributed by atoms with Crippen LogP contribution < -0.4 is 10.0 Å². The van der Waals surface area contributed by atoms with E-state index < -0.39 is 35.3 Å². The van der Waals surface area contributed by atoms with Gasteiger partial charge in [0.2, 0.25) is 15.9 Å². The Kier molecular flexibility index (Phi) is 6.54. The summed E-state index contributed by atoms with van der Waals surface area (Å²) in [4.78, 5) is 11.6. The van der Waals surface area contributed by atoms with Crippen molar-refractivity contribution in [3.05, 3.63) is 23.8 Å². The van der Waals surface area contributed by atoms with Gasteiger partial charge in [-0.15, -0.1) is 0 Å². The molecule has 1 aromatic rings. The summed E-state index contributed by atoms with van der Waals surface area (Å²) in [6.45, 7) is -0.213. The zero-order valence-corrected chi connectivity index (χ0v) is 13.3. The minimum atomic E-state index is -4.44. The molecule has 0 heterocycles. The lowest BCUT2D eigenvalue weighted by molar-refractivity contribution is -0.174. The van der Waals surface area contributed by atoms with Gasteiger partial charge in [-0.2, -0.15) is 13.2 Å². The van der Waals surface area contributed by atoms with Crippen LogP contribution in [0.1, 0.15) is 12.0 Å². The molecular weight excluding hydrogens is 337 g/mol. The fourth-order valence-electron chi connectivity index (χ4n) is 1.65. The minimum absolute atomic E-state index is 0.00567. The van der Waals surface area contributed by atoms with Crippen molar-refractivity contribution in [3.8, 4) is 0 Å². The maximum Gasteiger partial charge on any atom is 0.411 e. The number of nitrogens with one attached hydrogen (secondary N) is 2. The smallest absolute Gasteiger partial charge is 0.372 e. The van der Waals surface area contributed by atoms with Gasteiger partial charge in [-0.25, -0.2) is 13.1 Å². The van der Waals surface area contributed by atoms with Gasteiger partial charge in [-0.1, -0.05) is 6.07 Å². The Hall–Kier alpha value is -1.65. The van der Waals surface area contributed by atoms with Crippen LogP contribution >= 0.6 is 0 Å².